The first kappa shape index (κ1) is 21.4. The molecule has 0 unspecified atom stereocenters. The van der Waals surface area contributed by atoms with E-state index in [1.165, 1.54) is 0 Å². The van der Waals surface area contributed by atoms with Crippen molar-refractivity contribution in [1.29, 1.82) is 0 Å². The van der Waals surface area contributed by atoms with Gasteiger partial charge in [-0.15, -0.1) is 10.2 Å². The van der Waals surface area contributed by atoms with Crippen molar-refractivity contribution < 1.29 is 9.53 Å². The van der Waals surface area contributed by atoms with Crippen molar-refractivity contribution in [2.75, 3.05) is 13.7 Å². The van der Waals surface area contributed by atoms with Gasteiger partial charge in [0.25, 0.3) is 5.91 Å². The Kier molecular flexibility index (Phi) is 6.03. The monoisotopic (exact) mass is 452 g/mol. The van der Waals surface area contributed by atoms with Crippen LogP contribution in [0, 0.1) is 0 Å². The zero-order valence-electron chi connectivity index (χ0n) is 18.8. The molecule has 0 spiro atoms. The average molecular weight is 453 g/mol. The van der Waals surface area contributed by atoms with E-state index in [9.17, 15) is 4.79 Å². The van der Waals surface area contributed by atoms with Crippen molar-refractivity contribution >= 4 is 11.6 Å². The zero-order chi connectivity index (χ0) is 23.3. The van der Waals surface area contributed by atoms with Crippen LogP contribution in [-0.2, 0) is 13.0 Å². The second-order valence-corrected chi connectivity index (χ2v) is 7.85. The summed E-state index contributed by atoms with van der Waals surface area (Å²) in [5, 5.41) is 16.1. The minimum atomic E-state index is -0.182. The van der Waals surface area contributed by atoms with Gasteiger partial charge in [0.15, 0.2) is 5.65 Å². The van der Waals surface area contributed by atoms with Gasteiger partial charge >= 0.3 is 0 Å². The molecule has 0 aliphatic rings. The summed E-state index contributed by atoms with van der Waals surface area (Å²) in [5.74, 6) is 1.36. The lowest BCUT2D eigenvalue weighted by atomic mass is 10.1. The smallest absolute Gasteiger partial charge is 0.255 e. The highest BCUT2D eigenvalue weighted by Crippen LogP contribution is 2.25. The quantitative estimate of drug-likeness (QED) is 0.389. The third kappa shape index (κ3) is 4.52. The molecule has 0 radical (unpaired) electrons. The van der Waals surface area contributed by atoms with E-state index in [1.54, 1.807) is 18.0 Å². The fourth-order valence-electron chi connectivity index (χ4n) is 3.85. The predicted molar refractivity (Wildman–Crippen MR) is 129 cm³/mol. The Balaban J connectivity index is 1.37. The maximum atomic E-state index is 13.2. The first-order chi connectivity index (χ1) is 16.7. The van der Waals surface area contributed by atoms with Crippen molar-refractivity contribution in [2.24, 2.45) is 0 Å². The number of ether oxygens (including phenoxy) is 1. The number of nitrogens with zero attached hydrogens (tertiary/aromatic N) is 5. The highest BCUT2D eigenvalue weighted by atomic mass is 16.5. The van der Waals surface area contributed by atoms with Gasteiger partial charge in [0.05, 0.1) is 19.2 Å². The van der Waals surface area contributed by atoms with Gasteiger partial charge in [0, 0.05) is 30.9 Å². The zero-order valence-corrected chi connectivity index (χ0v) is 18.8. The van der Waals surface area contributed by atoms with Crippen molar-refractivity contribution in [3.05, 3.63) is 102 Å². The summed E-state index contributed by atoms with van der Waals surface area (Å²) in [6.07, 6.45) is 4.28. The van der Waals surface area contributed by atoms with Crippen LogP contribution in [0.2, 0.25) is 0 Å². The summed E-state index contributed by atoms with van der Waals surface area (Å²) >= 11 is 0. The first-order valence-electron chi connectivity index (χ1n) is 11.0. The van der Waals surface area contributed by atoms with Crippen molar-refractivity contribution in [3.63, 3.8) is 0 Å². The number of aromatic nitrogens is 5. The predicted octanol–water partition coefficient (Wildman–Crippen LogP) is 3.62. The van der Waals surface area contributed by atoms with Gasteiger partial charge in [-0.25, -0.2) is 0 Å². The molecule has 0 aliphatic heterocycles. The lowest BCUT2D eigenvalue weighted by Crippen LogP contribution is -2.26. The van der Waals surface area contributed by atoms with Gasteiger partial charge in [0.1, 0.15) is 17.3 Å². The Labute approximate surface area is 196 Å². The average Bonchev–Trinajstić information content (AvgIpc) is 3.49. The van der Waals surface area contributed by atoms with E-state index in [2.05, 4.69) is 15.5 Å². The van der Waals surface area contributed by atoms with Crippen LogP contribution in [0.25, 0.3) is 16.9 Å². The van der Waals surface area contributed by atoms with Crippen LogP contribution in [0.1, 0.15) is 21.7 Å². The molecule has 3 heterocycles. The van der Waals surface area contributed by atoms with Crippen LogP contribution in [0.4, 0.5) is 0 Å². The molecule has 0 saturated heterocycles. The van der Waals surface area contributed by atoms with E-state index in [1.807, 2.05) is 83.4 Å². The molecule has 0 bridgehead atoms. The highest BCUT2D eigenvalue weighted by molar-refractivity contribution is 5.99. The fraction of sp³-hybridized carbons (Fsp3) is 0.154. The summed E-state index contributed by atoms with van der Waals surface area (Å²) in [5.41, 5.74) is 3.89. The Morgan fingerprint density at radius 3 is 2.56 bits per heavy atom. The Morgan fingerprint density at radius 2 is 1.76 bits per heavy atom. The van der Waals surface area contributed by atoms with Gasteiger partial charge < -0.3 is 10.1 Å². The summed E-state index contributed by atoms with van der Waals surface area (Å²) < 4.78 is 8.99. The highest BCUT2D eigenvalue weighted by Gasteiger charge is 2.18. The van der Waals surface area contributed by atoms with Crippen molar-refractivity contribution in [3.8, 4) is 17.0 Å². The molecule has 1 amide bonds. The molecule has 5 aromatic rings. The Hall–Kier alpha value is -4.46. The van der Waals surface area contributed by atoms with Gasteiger partial charge in [-0.3, -0.25) is 13.9 Å². The van der Waals surface area contributed by atoms with Gasteiger partial charge in [-0.05, 0) is 42.0 Å². The summed E-state index contributed by atoms with van der Waals surface area (Å²) in [4.78, 5) is 13.2. The lowest BCUT2D eigenvalue weighted by molar-refractivity contribution is 0.0954. The Bertz CT molecular complexity index is 1410. The SMILES string of the molecule is COc1ccc(-c2nn(Cc3ccccc3)cc2C(=O)NCCc2nnc3ccccn23)cc1. The minimum Gasteiger partial charge on any atom is -0.497 e. The second-order valence-electron chi connectivity index (χ2n) is 7.85. The van der Waals surface area contributed by atoms with Crippen LogP contribution < -0.4 is 10.1 Å². The van der Waals surface area contributed by atoms with E-state index < -0.39 is 0 Å². The third-order valence-electron chi connectivity index (χ3n) is 5.58. The van der Waals surface area contributed by atoms with Gasteiger partial charge in [-0.1, -0.05) is 36.4 Å². The molecular weight excluding hydrogens is 428 g/mol. The van der Waals surface area contributed by atoms with Gasteiger partial charge in [0.2, 0.25) is 0 Å². The summed E-state index contributed by atoms with van der Waals surface area (Å²) in [7, 11) is 1.63. The molecule has 3 aromatic heterocycles. The summed E-state index contributed by atoms with van der Waals surface area (Å²) in [6.45, 7) is 1.00. The molecule has 5 rings (SSSR count). The standard InChI is InChI=1S/C26H24N6O2/c1-34-21-12-10-20(11-13-21)25-22(18-31(30-25)17-19-7-3-2-4-8-19)26(33)27-15-14-24-29-28-23-9-5-6-16-32(23)24/h2-13,16,18H,14-15,17H2,1H3,(H,27,33). The number of pyridine rings is 1. The van der Waals surface area contributed by atoms with E-state index in [4.69, 9.17) is 9.84 Å². The number of carbonyl (C=O) groups excluding carboxylic acids is 1. The lowest BCUT2D eigenvalue weighted by Gasteiger charge is -2.06. The van der Waals surface area contributed by atoms with Crippen LogP contribution in [-0.4, -0.2) is 43.9 Å². The number of amides is 1. The van der Waals surface area contributed by atoms with Crippen LogP contribution in [0.3, 0.4) is 0 Å². The van der Waals surface area contributed by atoms with E-state index >= 15 is 0 Å². The Morgan fingerprint density at radius 1 is 0.971 bits per heavy atom. The number of nitrogens with one attached hydrogen (secondary N) is 1. The molecule has 0 atom stereocenters. The van der Waals surface area contributed by atoms with Crippen molar-refractivity contribution in [2.45, 2.75) is 13.0 Å². The first-order valence-corrected chi connectivity index (χ1v) is 11.0. The fourth-order valence-corrected chi connectivity index (χ4v) is 3.85. The maximum absolute atomic E-state index is 13.2. The van der Waals surface area contributed by atoms with Crippen LogP contribution >= 0.6 is 0 Å². The molecule has 0 fully saturated rings. The summed E-state index contributed by atoms with van der Waals surface area (Å²) in [6, 6.07) is 23.3. The van der Waals surface area contributed by atoms with Crippen molar-refractivity contribution in [1.82, 2.24) is 29.7 Å². The van der Waals surface area contributed by atoms with Crippen LogP contribution in [0.5, 0.6) is 5.75 Å². The molecule has 1 N–H and O–H groups in total. The number of fused-ring (bicyclic) bond motifs is 1. The molecule has 34 heavy (non-hydrogen) atoms. The largest absolute Gasteiger partial charge is 0.497 e. The molecule has 8 heteroatoms. The number of carbonyl (C=O) groups is 1. The number of methoxy groups -OCH3 is 1. The molecule has 2 aromatic carbocycles. The second kappa shape index (κ2) is 9.58. The number of benzene rings is 2. The molecular formula is C26H24N6O2. The number of hydrogen-bond acceptors (Lipinski definition) is 5. The number of hydrogen-bond donors (Lipinski definition) is 1. The number of rotatable bonds is 8. The topological polar surface area (TPSA) is 86.3 Å². The van der Waals surface area contributed by atoms with Crippen LogP contribution in [0.15, 0.2) is 85.2 Å². The molecule has 0 aliphatic carbocycles. The molecule has 0 saturated carbocycles. The molecule has 8 nitrogen and oxygen atoms in total. The van der Waals surface area contributed by atoms with E-state index in [0.717, 1.165) is 28.3 Å². The minimum absolute atomic E-state index is 0.182. The van der Waals surface area contributed by atoms with Gasteiger partial charge in [-0.2, -0.15) is 5.10 Å². The maximum Gasteiger partial charge on any atom is 0.255 e. The molecule has 170 valence electrons. The van der Waals surface area contributed by atoms with E-state index in [-0.39, 0.29) is 5.91 Å². The normalized spacial score (nSPS) is 11.0. The third-order valence-corrected chi connectivity index (χ3v) is 5.58. The van der Waals surface area contributed by atoms with E-state index in [0.29, 0.717) is 30.8 Å².